The molecule has 170 valence electrons. The van der Waals surface area contributed by atoms with Gasteiger partial charge in [-0.25, -0.2) is 4.68 Å². The fourth-order valence-electron chi connectivity index (χ4n) is 3.62. The van der Waals surface area contributed by atoms with Crippen LogP contribution in [0.3, 0.4) is 0 Å². The van der Waals surface area contributed by atoms with Crippen molar-refractivity contribution in [3.8, 4) is 34.1 Å². The molecule has 34 heavy (non-hydrogen) atoms. The average molecular weight is 470 g/mol. The molecule has 0 aliphatic rings. The standard InChI is InChI=1S/C26H23N5O2S/c1-32-23-13-11-19(12-14-23)25-20(16-31(29-25)21-7-4-3-5-8-21)17-34-26-28-27-18-30(26)22-9-6-10-24(15-22)33-2/h3-16,18H,17H2,1-2H3. The van der Waals surface area contributed by atoms with Gasteiger partial charge in [-0.3, -0.25) is 4.57 Å². The lowest BCUT2D eigenvalue weighted by Crippen LogP contribution is -1.96. The molecule has 3 aromatic carbocycles. The summed E-state index contributed by atoms with van der Waals surface area (Å²) >= 11 is 1.61. The van der Waals surface area contributed by atoms with Gasteiger partial charge < -0.3 is 9.47 Å². The molecule has 0 amide bonds. The normalized spacial score (nSPS) is 10.9. The van der Waals surface area contributed by atoms with E-state index in [0.29, 0.717) is 5.75 Å². The zero-order valence-corrected chi connectivity index (χ0v) is 19.6. The molecule has 0 saturated carbocycles. The van der Waals surface area contributed by atoms with E-state index in [9.17, 15) is 0 Å². The van der Waals surface area contributed by atoms with Crippen molar-refractivity contribution in [2.24, 2.45) is 0 Å². The number of para-hydroxylation sites is 1. The first-order valence-corrected chi connectivity index (χ1v) is 11.7. The van der Waals surface area contributed by atoms with Gasteiger partial charge in [0.1, 0.15) is 17.8 Å². The van der Waals surface area contributed by atoms with Gasteiger partial charge in [0.25, 0.3) is 0 Å². The topological polar surface area (TPSA) is 67.0 Å². The number of aromatic nitrogens is 5. The number of nitrogens with zero attached hydrogens (tertiary/aromatic N) is 5. The number of benzene rings is 3. The van der Waals surface area contributed by atoms with Gasteiger partial charge in [0, 0.05) is 29.1 Å². The van der Waals surface area contributed by atoms with E-state index in [-0.39, 0.29) is 0 Å². The third kappa shape index (κ3) is 4.53. The van der Waals surface area contributed by atoms with Crippen molar-refractivity contribution in [3.05, 3.63) is 97.0 Å². The molecule has 2 aromatic heterocycles. The molecule has 0 bridgehead atoms. The lowest BCUT2D eigenvalue weighted by Gasteiger charge is -2.08. The average Bonchev–Trinajstić information content (AvgIpc) is 3.55. The summed E-state index contributed by atoms with van der Waals surface area (Å²) in [5, 5.41) is 14.2. The van der Waals surface area contributed by atoms with Crippen LogP contribution in [0.15, 0.2) is 96.5 Å². The Hall–Kier alpha value is -4.04. The van der Waals surface area contributed by atoms with E-state index in [4.69, 9.17) is 14.6 Å². The fourth-order valence-corrected chi connectivity index (χ4v) is 4.52. The summed E-state index contributed by atoms with van der Waals surface area (Å²) in [4.78, 5) is 0. The third-order valence-corrected chi connectivity index (χ3v) is 6.37. The van der Waals surface area contributed by atoms with Gasteiger partial charge in [-0.05, 0) is 48.5 Å². The summed E-state index contributed by atoms with van der Waals surface area (Å²) < 4.78 is 14.6. The Kier molecular flexibility index (Phi) is 6.31. The SMILES string of the molecule is COc1ccc(-c2nn(-c3ccccc3)cc2CSc2nncn2-c2cccc(OC)c2)cc1. The van der Waals surface area contributed by atoms with Crippen molar-refractivity contribution in [2.75, 3.05) is 14.2 Å². The predicted octanol–water partition coefficient (Wildman–Crippen LogP) is 5.43. The Labute approximate surface area is 202 Å². The zero-order valence-electron chi connectivity index (χ0n) is 18.8. The molecular formula is C26H23N5O2S. The molecule has 0 radical (unpaired) electrons. The van der Waals surface area contributed by atoms with Crippen molar-refractivity contribution in [3.63, 3.8) is 0 Å². The van der Waals surface area contributed by atoms with E-state index in [1.165, 1.54) is 0 Å². The summed E-state index contributed by atoms with van der Waals surface area (Å²) in [5.41, 5.74) is 5.00. The molecule has 0 unspecified atom stereocenters. The second-order valence-electron chi connectivity index (χ2n) is 7.49. The van der Waals surface area contributed by atoms with Crippen LogP contribution in [0.1, 0.15) is 5.56 Å². The van der Waals surface area contributed by atoms with Crippen molar-refractivity contribution in [1.82, 2.24) is 24.5 Å². The molecule has 0 saturated heterocycles. The monoisotopic (exact) mass is 469 g/mol. The Morgan fingerprint density at radius 2 is 1.59 bits per heavy atom. The fraction of sp³-hybridized carbons (Fsp3) is 0.115. The van der Waals surface area contributed by atoms with Gasteiger partial charge >= 0.3 is 0 Å². The maximum Gasteiger partial charge on any atom is 0.195 e. The predicted molar refractivity (Wildman–Crippen MR) is 133 cm³/mol. The van der Waals surface area contributed by atoms with Gasteiger partial charge in [0.2, 0.25) is 0 Å². The molecule has 5 aromatic rings. The molecule has 0 atom stereocenters. The maximum absolute atomic E-state index is 5.37. The van der Waals surface area contributed by atoms with Gasteiger partial charge in [0.05, 0.1) is 31.3 Å². The maximum atomic E-state index is 5.37. The highest BCUT2D eigenvalue weighted by Gasteiger charge is 2.15. The van der Waals surface area contributed by atoms with E-state index in [2.05, 4.69) is 16.4 Å². The molecule has 0 aliphatic heterocycles. The molecule has 7 nitrogen and oxygen atoms in total. The summed E-state index contributed by atoms with van der Waals surface area (Å²) in [5.74, 6) is 2.28. The van der Waals surface area contributed by atoms with Crippen LogP contribution in [0.5, 0.6) is 11.5 Å². The van der Waals surface area contributed by atoms with Crippen molar-refractivity contribution in [2.45, 2.75) is 10.9 Å². The van der Waals surface area contributed by atoms with Gasteiger partial charge in [0.15, 0.2) is 5.16 Å². The summed E-state index contributed by atoms with van der Waals surface area (Å²) in [6.45, 7) is 0. The Bertz CT molecular complexity index is 1380. The zero-order chi connectivity index (χ0) is 23.3. The molecule has 8 heteroatoms. The second kappa shape index (κ2) is 9.84. The number of thioether (sulfide) groups is 1. The minimum atomic E-state index is 0.677. The van der Waals surface area contributed by atoms with Crippen LogP contribution < -0.4 is 9.47 Å². The lowest BCUT2D eigenvalue weighted by atomic mass is 10.1. The highest BCUT2D eigenvalue weighted by Crippen LogP contribution is 2.31. The molecule has 0 N–H and O–H groups in total. The minimum absolute atomic E-state index is 0.677. The molecule has 0 spiro atoms. The third-order valence-electron chi connectivity index (χ3n) is 5.38. The van der Waals surface area contributed by atoms with Crippen LogP contribution in [-0.4, -0.2) is 38.8 Å². The van der Waals surface area contributed by atoms with E-state index in [1.54, 1.807) is 32.3 Å². The van der Waals surface area contributed by atoms with Gasteiger partial charge in [-0.1, -0.05) is 36.0 Å². The van der Waals surface area contributed by atoms with Gasteiger partial charge in [-0.15, -0.1) is 10.2 Å². The van der Waals surface area contributed by atoms with E-state index < -0.39 is 0 Å². The van der Waals surface area contributed by atoms with E-state index >= 15 is 0 Å². The minimum Gasteiger partial charge on any atom is -0.497 e. The van der Waals surface area contributed by atoms with Crippen molar-refractivity contribution >= 4 is 11.8 Å². The Morgan fingerprint density at radius 3 is 2.35 bits per heavy atom. The van der Waals surface area contributed by atoms with Crippen LogP contribution in [0.25, 0.3) is 22.6 Å². The number of rotatable bonds is 8. The van der Waals surface area contributed by atoms with Crippen molar-refractivity contribution < 1.29 is 9.47 Å². The molecule has 2 heterocycles. The summed E-state index contributed by atoms with van der Waals surface area (Å²) in [7, 11) is 3.33. The summed E-state index contributed by atoms with van der Waals surface area (Å²) in [6, 6.07) is 25.9. The quantitative estimate of drug-likeness (QED) is 0.282. The molecule has 0 fully saturated rings. The first-order valence-electron chi connectivity index (χ1n) is 10.7. The van der Waals surface area contributed by atoms with Crippen LogP contribution in [-0.2, 0) is 5.75 Å². The largest absolute Gasteiger partial charge is 0.497 e. The molecular weight excluding hydrogens is 446 g/mol. The number of hydrogen-bond acceptors (Lipinski definition) is 6. The van der Waals surface area contributed by atoms with Crippen LogP contribution in [0.4, 0.5) is 0 Å². The number of ether oxygens (including phenoxy) is 2. The van der Waals surface area contributed by atoms with Crippen molar-refractivity contribution in [1.29, 1.82) is 0 Å². The first kappa shape index (κ1) is 21.8. The smallest absolute Gasteiger partial charge is 0.195 e. The van der Waals surface area contributed by atoms with E-state index in [1.807, 2.05) is 88.1 Å². The number of methoxy groups -OCH3 is 2. The first-order chi connectivity index (χ1) is 16.7. The molecule has 0 aliphatic carbocycles. The number of hydrogen-bond donors (Lipinski definition) is 0. The van der Waals surface area contributed by atoms with Gasteiger partial charge in [-0.2, -0.15) is 5.10 Å². The lowest BCUT2D eigenvalue weighted by molar-refractivity contribution is 0.414. The summed E-state index contributed by atoms with van der Waals surface area (Å²) in [6.07, 6.45) is 3.79. The molecule has 5 rings (SSSR count). The Morgan fingerprint density at radius 1 is 0.824 bits per heavy atom. The second-order valence-corrected chi connectivity index (χ2v) is 8.43. The highest BCUT2D eigenvalue weighted by molar-refractivity contribution is 7.98. The van der Waals surface area contributed by atoms with Crippen LogP contribution >= 0.6 is 11.8 Å². The highest BCUT2D eigenvalue weighted by atomic mass is 32.2. The van der Waals surface area contributed by atoms with Crippen LogP contribution in [0, 0.1) is 0 Å². The Balaban J connectivity index is 1.47. The van der Waals surface area contributed by atoms with E-state index in [0.717, 1.165) is 44.9 Å². The van der Waals surface area contributed by atoms with Crippen LogP contribution in [0.2, 0.25) is 0 Å².